The van der Waals surface area contributed by atoms with E-state index in [1.807, 2.05) is 24.3 Å². The summed E-state index contributed by atoms with van der Waals surface area (Å²) in [5, 5.41) is 1.46. The van der Waals surface area contributed by atoms with Gasteiger partial charge in [-0.1, -0.05) is 29.5 Å². The van der Waals surface area contributed by atoms with E-state index in [4.69, 9.17) is 4.74 Å². The van der Waals surface area contributed by atoms with Crippen LogP contribution in [0, 0.1) is 5.82 Å². The predicted molar refractivity (Wildman–Crippen MR) is 117 cm³/mol. The van der Waals surface area contributed by atoms with Crippen molar-refractivity contribution >= 4 is 43.5 Å². The van der Waals surface area contributed by atoms with Crippen molar-refractivity contribution in [3.05, 3.63) is 60.0 Å². The number of ether oxygens (including phenoxy) is 1. The van der Waals surface area contributed by atoms with Crippen LogP contribution in [0.5, 0.6) is 0 Å². The molecule has 5 rings (SSSR count). The number of carbonyl (C=O) groups is 1. The Morgan fingerprint density at radius 1 is 1.23 bits per heavy atom. The second-order valence-corrected chi connectivity index (χ2v) is 8.28. The molecule has 1 aliphatic heterocycles. The second kappa shape index (κ2) is 8.14. The van der Waals surface area contributed by atoms with Crippen LogP contribution < -0.4 is 4.90 Å². The molecule has 4 aromatic rings. The molecule has 30 heavy (non-hydrogen) atoms. The Morgan fingerprint density at radius 2 is 2.07 bits per heavy atom. The van der Waals surface area contributed by atoms with Crippen molar-refractivity contribution in [2.75, 3.05) is 44.3 Å². The highest BCUT2D eigenvalue weighted by Gasteiger charge is 2.25. The summed E-state index contributed by atoms with van der Waals surface area (Å²) in [4.78, 5) is 25.4. The predicted octanol–water partition coefficient (Wildman–Crippen LogP) is 3.90. The Kier molecular flexibility index (Phi) is 5.20. The molecule has 3 heterocycles. The number of aromatic nitrogens is 2. The molecule has 6 nitrogen and oxygen atoms in total. The van der Waals surface area contributed by atoms with Gasteiger partial charge in [0.1, 0.15) is 5.82 Å². The molecule has 0 saturated carbocycles. The zero-order valence-corrected chi connectivity index (χ0v) is 17.1. The maximum atomic E-state index is 13.7. The number of nitrogens with one attached hydrogen (secondary N) is 1. The van der Waals surface area contributed by atoms with Gasteiger partial charge in [0.25, 0.3) is 5.91 Å². The van der Waals surface area contributed by atoms with E-state index in [1.165, 1.54) is 23.5 Å². The summed E-state index contributed by atoms with van der Waals surface area (Å²) in [6.45, 7) is 4.33. The third kappa shape index (κ3) is 3.69. The number of rotatable bonds is 5. The van der Waals surface area contributed by atoms with E-state index in [1.54, 1.807) is 17.2 Å². The molecule has 0 bridgehead atoms. The number of carbonyl (C=O) groups excluding carboxylic acids is 1. The van der Waals surface area contributed by atoms with Gasteiger partial charge >= 0.3 is 0 Å². The molecule has 0 unspecified atom stereocenters. The highest BCUT2D eigenvalue weighted by molar-refractivity contribution is 7.22. The first-order valence-corrected chi connectivity index (χ1v) is 10.7. The lowest BCUT2D eigenvalue weighted by atomic mass is 10.1. The van der Waals surface area contributed by atoms with Crippen LogP contribution in [0.4, 0.5) is 9.52 Å². The number of amides is 1. The molecule has 0 spiro atoms. The largest absolute Gasteiger partial charge is 0.379 e. The van der Waals surface area contributed by atoms with E-state index >= 15 is 0 Å². The summed E-state index contributed by atoms with van der Waals surface area (Å²) in [6.07, 6.45) is 1.75. The number of morpholine rings is 1. The van der Waals surface area contributed by atoms with Gasteiger partial charge in [0.15, 0.2) is 5.13 Å². The number of hydrogen-bond acceptors (Lipinski definition) is 5. The van der Waals surface area contributed by atoms with Gasteiger partial charge in [-0.15, -0.1) is 0 Å². The van der Waals surface area contributed by atoms with Gasteiger partial charge in [0, 0.05) is 43.3 Å². The summed E-state index contributed by atoms with van der Waals surface area (Å²) < 4.78 is 19.8. The molecule has 8 heteroatoms. The van der Waals surface area contributed by atoms with Crippen LogP contribution in [-0.2, 0) is 4.74 Å². The van der Waals surface area contributed by atoms with E-state index < -0.39 is 0 Å². The Hall–Kier alpha value is -2.81. The van der Waals surface area contributed by atoms with Gasteiger partial charge < -0.3 is 9.72 Å². The first kappa shape index (κ1) is 19.2. The van der Waals surface area contributed by atoms with E-state index in [-0.39, 0.29) is 11.7 Å². The van der Waals surface area contributed by atoms with Gasteiger partial charge in [-0.25, -0.2) is 9.37 Å². The highest BCUT2D eigenvalue weighted by atomic mass is 32.1. The summed E-state index contributed by atoms with van der Waals surface area (Å²) >= 11 is 1.34. The second-order valence-electron chi connectivity index (χ2n) is 7.27. The van der Waals surface area contributed by atoms with Crippen molar-refractivity contribution in [1.29, 1.82) is 0 Å². The molecular weight excluding hydrogens is 403 g/mol. The number of anilines is 1. The minimum absolute atomic E-state index is 0.111. The smallest absolute Gasteiger partial charge is 0.262 e. The quantitative estimate of drug-likeness (QED) is 0.528. The lowest BCUT2D eigenvalue weighted by Crippen LogP contribution is -2.43. The van der Waals surface area contributed by atoms with Crippen molar-refractivity contribution < 1.29 is 13.9 Å². The van der Waals surface area contributed by atoms with E-state index in [9.17, 15) is 9.18 Å². The standard InChI is InChI=1S/C22H21FN4O2S/c23-15-5-6-19-20(13-15)30-22(25-19)27(8-7-26-9-11-29-12-10-26)21(28)17-14-24-18-4-2-1-3-16(17)18/h1-6,13-14,24H,7-12H2. The lowest BCUT2D eigenvalue weighted by Gasteiger charge is -2.29. The van der Waals surface area contributed by atoms with E-state index in [0.29, 0.717) is 36.0 Å². The molecule has 1 saturated heterocycles. The summed E-state index contributed by atoms with van der Waals surface area (Å²) in [6, 6.07) is 12.3. The van der Waals surface area contributed by atoms with Crippen LogP contribution in [0.15, 0.2) is 48.7 Å². The minimum Gasteiger partial charge on any atom is -0.379 e. The fourth-order valence-corrected chi connectivity index (χ4v) is 4.76. The van der Waals surface area contributed by atoms with Crippen molar-refractivity contribution in [2.24, 2.45) is 0 Å². The van der Waals surface area contributed by atoms with Crippen molar-refractivity contribution in [2.45, 2.75) is 0 Å². The first-order valence-electron chi connectivity index (χ1n) is 9.93. The SMILES string of the molecule is O=C(c1c[nH]c2ccccc12)N(CCN1CCOCC1)c1nc2ccc(F)cc2s1. The number of thiazole rings is 1. The zero-order chi connectivity index (χ0) is 20.5. The Balaban J connectivity index is 1.50. The third-order valence-electron chi connectivity index (χ3n) is 5.38. The number of halogens is 1. The molecule has 0 radical (unpaired) electrons. The number of para-hydroxylation sites is 1. The first-order chi connectivity index (χ1) is 14.7. The number of aromatic amines is 1. The molecule has 0 aliphatic carbocycles. The van der Waals surface area contributed by atoms with E-state index in [0.717, 1.165) is 35.2 Å². The maximum Gasteiger partial charge on any atom is 0.262 e. The average Bonchev–Trinajstić information content (AvgIpc) is 3.38. The molecular formula is C22H21FN4O2S. The van der Waals surface area contributed by atoms with Crippen LogP contribution in [0.2, 0.25) is 0 Å². The monoisotopic (exact) mass is 424 g/mol. The molecule has 2 aromatic heterocycles. The zero-order valence-electron chi connectivity index (χ0n) is 16.3. The summed E-state index contributed by atoms with van der Waals surface area (Å²) in [5.41, 5.74) is 2.22. The Labute approximate surface area is 176 Å². The highest BCUT2D eigenvalue weighted by Crippen LogP contribution is 2.31. The van der Waals surface area contributed by atoms with Gasteiger partial charge in [-0.2, -0.15) is 0 Å². The number of benzene rings is 2. The van der Waals surface area contributed by atoms with Crippen LogP contribution >= 0.6 is 11.3 Å². The summed E-state index contributed by atoms with van der Waals surface area (Å²) in [5.74, 6) is -0.416. The molecule has 1 aliphatic rings. The van der Waals surface area contributed by atoms with Gasteiger partial charge in [0.05, 0.1) is 29.0 Å². The van der Waals surface area contributed by atoms with Crippen LogP contribution in [-0.4, -0.2) is 60.2 Å². The fraction of sp³-hybridized carbons (Fsp3) is 0.273. The van der Waals surface area contributed by atoms with E-state index in [2.05, 4.69) is 14.9 Å². The van der Waals surface area contributed by atoms with Crippen LogP contribution in [0.1, 0.15) is 10.4 Å². The number of nitrogens with zero attached hydrogens (tertiary/aromatic N) is 3. The molecule has 1 amide bonds. The normalized spacial score (nSPS) is 15.1. The maximum absolute atomic E-state index is 13.7. The number of hydrogen-bond donors (Lipinski definition) is 1. The molecule has 2 aromatic carbocycles. The lowest BCUT2D eigenvalue weighted by molar-refractivity contribution is 0.0391. The summed E-state index contributed by atoms with van der Waals surface area (Å²) in [7, 11) is 0. The van der Waals surface area contributed by atoms with Crippen molar-refractivity contribution in [3.63, 3.8) is 0 Å². The van der Waals surface area contributed by atoms with Gasteiger partial charge in [-0.05, 0) is 24.3 Å². The van der Waals surface area contributed by atoms with Crippen LogP contribution in [0.25, 0.3) is 21.1 Å². The topological polar surface area (TPSA) is 61.5 Å². The average molecular weight is 425 g/mol. The van der Waals surface area contributed by atoms with Gasteiger partial charge in [0.2, 0.25) is 0 Å². The fourth-order valence-electron chi connectivity index (χ4n) is 3.75. The van der Waals surface area contributed by atoms with Crippen LogP contribution in [0.3, 0.4) is 0 Å². The molecule has 154 valence electrons. The minimum atomic E-state index is -0.305. The Morgan fingerprint density at radius 3 is 2.93 bits per heavy atom. The van der Waals surface area contributed by atoms with Crippen molar-refractivity contribution in [1.82, 2.24) is 14.9 Å². The molecule has 0 atom stereocenters. The van der Waals surface area contributed by atoms with Crippen molar-refractivity contribution in [3.8, 4) is 0 Å². The van der Waals surface area contributed by atoms with Gasteiger partial charge in [-0.3, -0.25) is 14.6 Å². The molecule has 1 N–H and O–H groups in total. The Bertz CT molecular complexity index is 1200. The number of H-pyrrole nitrogens is 1. The third-order valence-corrected chi connectivity index (χ3v) is 6.42. The molecule has 1 fully saturated rings. The number of fused-ring (bicyclic) bond motifs is 2.